The summed E-state index contributed by atoms with van der Waals surface area (Å²) in [4.78, 5) is 19.7. The minimum Gasteiger partial charge on any atom is -0.466 e. The summed E-state index contributed by atoms with van der Waals surface area (Å²) in [6, 6.07) is 0. The normalized spacial score (nSPS) is 16.1. The van der Waals surface area contributed by atoms with Gasteiger partial charge in [-0.3, -0.25) is 4.79 Å². The van der Waals surface area contributed by atoms with Gasteiger partial charge in [0.2, 0.25) is 0 Å². The number of alkyl halides is 1. The molecule has 0 saturated heterocycles. The molecular formula is C12H13ClN4O2S. The molecule has 0 bridgehead atoms. The Kier molecular flexibility index (Phi) is 3.98. The minimum absolute atomic E-state index is 0.122. The van der Waals surface area contributed by atoms with Crippen LogP contribution in [0.15, 0.2) is 11.8 Å². The third-order valence-electron chi connectivity index (χ3n) is 3.15. The molecular weight excluding hydrogens is 300 g/mol. The maximum absolute atomic E-state index is 10.3. The zero-order valence-electron chi connectivity index (χ0n) is 10.6. The Labute approximate surface area is 124 Å². The van der Waals surface area contributed by atoms with Gasteiger partial charge in [0.1, 0.15) is 24.0 Å². The summed E-state index contributed by atoms with van der Waals surface area (Å²) in [5.74, 6) is 1.42. The van der Waals surface area contributed by atoms with Crippen molar-refractivity contribution in [2.75, 3.05) is 6.61 Å². The Morgan fingerprint density at radius 1 is 1.55 bits per heavy atom. The summed E-state index contributed by atoms with van der Waals surface area (Å²) in [5.41, 5.74) is 2.44. The van der Waals surface area contributed by atoms with E-state index in [9.17, 15) is 4.79 Å². The quantitative estimate of drug-likeness (QED) is 0.579. The summed E-state index contributed by atoms with van der Waals surface area (Å²) < 4.78 is 6.60. The van der Waals surface area contributed by atoms with Gasteiger partial charge in [0.05, 0.1) is 10.4 Å². The molecule has 3 rings (SSSR count). The number of halogens is 1. The monoisotopic (exact) mass is 312 g/mol. The molecule has 0 aliphatic heterocycles. The van der Waals surface area contributed by atoms with Crippen molar-refractivity contribution in [2.24, 2.45) is 5.92 Å². The van der Waals surface area contributed by atoms with Gasteiger partial charge in [0.15, 0.2) is 5.82 Å². The standard InChI is InChI=1S/C12H13ClN4O2S/c13-9(4-19-7-18)11-10(15-6-20-11)12-14-5-16-17(12)3-8-1-2-8/h5-9H,1-4H2. The first-order chi connectivity index (χ1) is 9.79. The molecule has 0 amide bonds. The van der Waals surface area contributed by atoms with Crippen LogP contribution >= 0.6 is 22.9 Å². The highest BCUT2D eigenvalue weighted by molar-refractivity contribution is 7.10. The zero-order chi connectivity index (χ0) is 13.9. The van der Waals surface area contributed by atoms with E-state index >= 15 is 0 Å². The van der Waals surface area contributed by atoms with E-state index in [1.807, 2.05) is 4.68 Å². The molecule has 1 aliphatic rings. The first-order valence-electron chi connectivity index (χ1n) is 6.30. The minimum atomic E-state index is -0.422. The number of carbonyl (C=O) groups excluding carboxylic acids is 1. The summed E-state index contributed by atoms with van der Waals surface area (Å²) in [6.07, 6.45) is 4.02. The average molecular weight is 313 g/mol. The number of nitrogens with zero attached hydrogens (tertiary/aromatic N) is 4. The third-order valence-corrected chi connectivity index (χ3v) is 4.56. The van der Waals surface area contributed by atoms with Crippen LogP contribution in [0.25, 0.3) is 11.5 Å². The van der Waals surface area contributed by atoms with Crippen LogP contribution in [-0.4, -0.2) is 32.8 Å². The molecule has 1 unspecified atom stereocenters. The number of thiazole rings is 1. The van der Waals surface area contributed by atoms with Crippen molar-refractivity contribution in [1.82, 2.24) is 19.7 Å². The Hall–Kier alpha value is -1.47. The molecule has 2 aromatic rings. The van der Waals surface area contributed by atoms with E-state index in [4.69, 9.17) is 16.3 Å². The molecule has 2 heterocycles. The van der Waals surface area contributed by atoms with Crippen LogP contribution in [0.2, 0.25) is 0 Å². The maximum Gasteiger partial charge on any atom is 0.293 e. The van der Waals surface area contributed by atoms with Crippen LogP contribution in [-0.2, 0) is 16.1 Å². The molecule has 0 radical (unpaired) electrons. The van der Waals surface area contributed by atoms with Crippen LogP contribution in [0.4, 0.5) is 0 Å². The van der Waals surface area contributed by atoms with Crippen molar-refractivity contribution in [2.45, 2.75) is 24.8 Å². The average Bonchev–Trinajstić information content (AvgIpc) is 2.95. The first-order valence-corrected chi connectivity index (χ1v) is 7.62. The Bertz CT molecular complexity index is 596. The highest BCUT2D eigenvalue weighted by atomic mass is 35.5. The number of hydrogen-bond donors (Lipinski definition) is 0. The summed E-state index contributed by atoms with van der Waals surface area (Å²) >= 11 is 7.68. The van der Waals surface area contributed by atoms with Crippen molar-refractivity contribution in [3.8, 4) is 11.5 Å². The van der Waals surface area contributed by atoms with E-state index in [0.717, 1.165) is 22.9 Å². The number of aromatic nitrogens is 4. The first kappa shape index (κ1) is 13.5. The van der Waals surface area contributed by atoms with Gasteiger partial charge in [-0.1, -0.05) is 0 Å². The SMILES string of the molecule is O=COCC(Cl)c1scnc1-c1ncnn1CC1CC1. The predicted molar refractivity (Wildman–Crippen MR) is 74.5 cm³/mol. The molecule has 20 heavy (non-hydrogen) atoms. The molecule has 1 fully saturated rings. The smallest absolute Gasteiger partial charge is 0.293 e. The lowest BCUT2D eigenvalue weighted by Gasteiger charge is -2.09. The maximum atomic E-state index is 10.3. The lowest BCUT2D eigenvalue weighted by molar-refractivity contribution is -0.128. The second-order valence-corrected chi connectivity index (χ2v) is 6.08. The molecule has 0 aromatic carbocycles. The van der Waals surface area contributed by atoms with Crippen LogP contribution in [0.3, 0.4) is 0 Å². The van der Waals surface area contributed by atoms with Crippen molar-refractivity contribution in [3.63, 3.8) is 0 Å². The lowest BCUT2D eigenvalue weighted by Crippen LogP contribution is -2.07. The summed E-state index contributed by atoms with van der Waals surface area (Å²) in [6.45, 7) is 1.38. The lowest BCUT2D eigenvalue weighted by atomic mass is 10.2. The summed E-state index contributed by atoms with van der Waals surface area (Å²) in [7, 11) is 0. The molecule has 8 heteroatoms. The molecule has 1 atom stereocenters. The fraction of sp³-hybridized carbons (Fsp3) is 0.500. The second kappa shape index (κ2) is 5.88. The van der Waals surface area contributed by atoms with Gasteiger partial charge in [-0.2, -0.15) is 5.10 Å². The Morgan fingerprint density at radius 2 is 2.40 bits per heavy atom. The fourth-order valence-electron chi connectivity index (χ4n) is 1.97. The van der Waals surface area contributed by atoms with Crippen molar-refractivity contribution >= 4 is 29.4 Å². The van der Waals surface area contributed by atoms with Gasteiger partial charge in [-0.15, -0.1) is 22.9 Å². The van der Waals surface area contributed by atoms with Gasteiger partial charge in [0.25, 0.3) is 6.47 Å². The highest BCUT2D eigenvalue weighted by Crippen LogP contribution is 2.35. The Morgan fingerprint density at radius 3 is 3.15 bits per heavy atom. The predicted octanol–water partition coefficient (Wildman–Crippen LogP) is 2.26. The topological polar surface area (TPSA) is 69.9 Å². The van der Waals surface area contributed by atoms with E-state index in [0.29, 0.717) is 12.4 Å². The van der Waals surface area contributed by atoms with Crippen molar-refractivity contribution in [3.05, 3.63) is 16.7 Å². The van der Waals surface area contributed by atoms with E-state index < -0.39 is 5.38 Å². The molecule has 106 valence electrons. The van der Waals surface area contributed by atoms with Crippen LogP contribution in [0.1, 0.15) is 23.1 Å². The third kappa shape index (κ3) is 2.83. The largest absolute Gasteiger partial charge is 0.466 e. The van der Waals surface area contributed by atoms with Gasteiger partial charge < -0.3 is 4.74 Å². The molecule has 2 aromatic heterocycles. The zero-order valence-corrected chi connectivity index (χ0v) is 12.2. The van der Waals surface area contributed by atoms with E-state index in [2.05, 4.69) is 15.1 Å². The highest BCUT2D eigenvalue weighted by Gasteiger charge is 2.26. The van der Waals surface area contributed by atoms with E-state index in [1.165, 1.54) is 30.5 Å². The molecule has 1 saturated carbocycles. The molecule has 6 nitrogen and oxygen atoms in total. The van der Waals surface area contributed by atoms with Crippen LogP contribution in [0.5, 0.6) is 0 Å². The van der Waals surface area contributed by atoms with Crippen LogP contribution in [0, 0.1) is 5.92 Å². The van der Waals surface area contributed by atoms with Gasteiger partial charge in [-0.05, 0) is 18.8 Å². The number of hydrogen-bond acceptors (Lipinski definition) is 6. The van der Waals surface area contributed by atoms with Gasteiger partial charge in [0, 0.05) is 6.54 Å². The Balaban J connectivity index is 1.84. The van der Waals surface area contributed by atoms with Gasteiger partial charge in [-0.25, -0.2) is 14.6 Å². The van der Waals surface area contributed by atoms with E-state index in [-0.39, 0.29) is 6.61 Å². The van der Waals surface area contributed by atoms with Crippen LogP contribution < -0.4 is 0 Å². The van der Waals surface area contributed by atoms with Gasteiger partial charge >= 0.3 is 0 Å². The number of carbonyl (C=O) groups is 1. The molecule has 0 spiro atoms. The second-order valence-electron chi connectivity index (χ2n) is 4.67. The summed E-state index contributed by atoms with van der Waals surface area (Å²) in [5, 5.41) is 3.83. The number of rotatable bonds is 7. The van der Waals surface area contributed by atoms with Crippen molar-refractivity contribution < 1.29 is 9.53 Å². The fourth-order valence-corrected chi connectivity index (χ4v) is 3.04. The molecule has 0 N–H and O–H groups in total. The molecule has 1 aliphatic carbocycles. The number of ether oxygens (including phenoxy) is 1. The van der Waals surface area contributed by atoms with Crippen molar-refractivity contribution in [1.29, 1.82) is 0 Å². The van der Waals surface area contributed by atoms with E-state index in [1.54, 1.807) is 5.51 Å².